The number of likely N-dealkylation sites (N-methyl/N-ethyl adjacent to an activating group) is 1. The molecule has 7 heteroatoms. The van der Waals surface area contributed by atoms with Crippen molar-refractivity contribution in [3.63, 3.8) is 0 Å². The zero-order valence-electron chi connectivity index (χ0n) is 15.4. The first-order valence-corrected chi connectivity index (χ1v) is 10.9. The molecule has 1 aliphatic heterocycles. The van der Waals surface area contributed by atoms with E-state index in [1.54, 1.807) is 10.4 Å². The maximum atomic E-state index is 13.0. The summed E-state index contributed by atoms with van der Waals surface area (Å²) in [6.45, 7) is 3.51. The smallest absolute Gasteiger partial charge is 0.317 e. The summed E-state index contributed by atoms with van der Waals surface area (Å²) in [4.78, 5) is 13.3. The number of sulfonamides is 1. The molecule has 0 amide bonds. The quantitative estimate of drug-likeness (QED) is 0.818. The Labute approximate surface area is 155 Å². The fraction of sp³-hybridized carbons (Fsp3) is 0.632. The lowest BCUT2D eigenvalue weighted by molar-refractivity contribution is -0.139. The molecule has 2 aliphatic rings. The second-order valence-electron chi connectivity index (χ2n) is 7.23. The first kappa shape index (κ1) is 19.3. The topological polar surface area (TPSA) is 77.9 Å². The summed E-state index contributed by atoms with van der Waals surface area (Å²) in [5, 5.41) is 9.02. The SMILES string of the molecule is CCN(CC(=O)O)C1CCN(S(=O)(=O)c2ccc3c(c2)CCCC3)CC1. The molecule has 26 heavy (non-hydrogen) atoms. The summed E-state index contributed by atoms with van der Waals surface area (Å²) in [6.07, 6.45) is 5.64. The molecule has 0 saturated carbocycles. The van der Waals surface area contributed by atoms with Gasteiger partial charge in [-0.1, -0.05) is 13.0 Å². The van der Waals surface area contributed by atoms with Gasteiger partial charge in [-0.25, -0.2) is 8.42 Å². The van der Waals surface area contributed by atoms with E-state index in [1.165, 1.54) is 17.5 Å². The second kappa shape index (κ2) is 8.06. The Bertz CT molecular complexity index is 755. The van der Waals surface area contributed by atoms with Gasteiger partial charge in [0, 0.05) is 19.1 Å². The lowest BCUT2D eigenvalue weighted by Gasteiger charge is -2.37. The third-order valence-electron chi connectivity index (χ3n) is 5.64. The minimum Gasteiger partial charge on any atom is -0.480 e. The van der Waals surface area contributed by atoms with Crippen LogP contribution in [0.3, 0.4) is 0 Å². The van der Waals surface area contributed by atoms with Gasteiger partial charge in [0.2, 0.25) is 10.0 Å². The minimum atomic E-state index is -3.48. The van der Waals surface area contributed by atoms with Crippen LogP contribution in [0.1, 0.15) is 43.7 Å². The number of fused-ring (bicyclic) bond motifs is 1. The molecule has 144 valence electrons. The summed E-state index contributed by atoms with van der Waals surface area (Å²) in [5.41, 5.74) is 2.45. The van der Waals surface area contributed by atoms with Gasteiger partial charge in [0.05, 0.1) is 11.4 Å². The number of aliphatic carboxylic acids is 1. The van der Waals surface area contributed by atoms with Crippen molar-refractivity contribution < 1.29 is 18.3 Å². The van der Waals surface area contributed by atoms with Gasteiger partial charge in [0.15, 0.2) is 0 Å². The number of carbonyl (C=O) groups is 1. The molecule has 1 fully saturated rings. The molecular formula is C19H28N2O4S. The molecule has 1 saturated heterocycles. The first-order valence-electron chi connectivity index (χ1n) is 9.49. The van der Waals surface area contributed by atoms with E-state index in [-0.39, 0.29) is 12.6 Å². The average molecular weight is 381 g/mol. The van der Waals surface area contributed by atoms with Crippen LogP contribution >= 0.6 is 0 Å². The molecule has 6 nitrogen and oxygen atoms in total. The highest BCUT2D eigenvalue weighted by Gasteiger charge is 2.32. The van der Waals surface area contributed by atoms with Gasteiger partial charge in [-0.3, -0.25) is 9.69 Å². The normalized spacial score (nSPS) is 19.5. The maximum absolute atomic E-state index is 13.0. The van der Waals surface area contributed by atoms with Crippen LogP contribution in [0.4, 0.5) is 0 Å². The summed E-state index contributed by atoms with van der Waals surface area (Å²) in [6, 6.07) is 5.71. The molecule has 0 aromatic heterocycles. The van der Waals surface area contributed by atoms with Crippen molar-refractivity contribution >= 4 is 16.0 Å². The van der Waals surface area contributed by atoms with Crippen LogP contribution in [0.5, 0.6) is 0 Å². The van der Waals surface area contributed by atoms with Gasteiger partial charge in [0.25, 0.3) is 0 Å². The van der Waals surface area contributed by atoms with E-state index >= 15 is 0 Å². The van der Waals surface area contributed by atoms with Crippen LogP contribution in [0.25, 0.3) is 0 Å². The Morgan fingerprint density at radius 2 is 1.85 bits per heavy atom. The number of rotatable bonds is 6. The number of hydrogen-bond donors (Lipinski definition) is 1. The molecular weight excluding hydrogens is 352 g/mol. The molecule has 0 atom stereocenters. The highest BCUT2D eigenvalue weighted by atomic mass is 32.2. The summed E-state index contributed by atoms with van der Waals surface area (Å²) < 4.78 is 27.6. The number of aryl methyl sites for hydroxylation is 2. The standard InChI is InChI=1S/C19H28N2O4S/c1-2-20(14-19(22)23)17-9-11-21(12-10-17)26(24,25)18-8-7-15-5-3-4-6-16(15)13-18/h7-8,13,17H,2-6,9-12,14H2,1H3,(H,22,23). The molecule has 0 radical (unpaired) electrons. The zero-order chi connectivity index (χ0) is 18.7. The number of hydrogen-bond acceptors (Lipinski definition) is 4. The van der Waals surface area contributed by atoms with E-state index in [9.17, 15) is 13.2 Å². The second-order valence-corrected chi connectivity index (χ2v) is 9.17. The molecule has 1 aromatic carbocycles. The molecule has 0 bridgehead atoms. The van der Waals surface area contributed by atoms with Gasteiger partial charge in [-0.15, -0.1) is 0 Å². The van der Waals surface area contributed by atoms with E-state index in [0.29, 0.717) is 37.4 Å². The molecule has 1 aliphatic carbocycles. The Kier molecular flexibility index (Phi) is 5.99. The zero-order valence-corrected chi connectivity index (χ0v) is 16.2. The van der Waals surface area contributed by atoms with Crippen molar-refractivity contribution in [1.82, 2.24) is 9.21 Å². The van der Waals surface area contributed by atoms with Crippen LogP contribution in [0.15, 0.2) is 23.1 Å². The van der Waals surface area contributed by atoms with E-state index in [2.05, 4.69) is 0 Å². The summed E-state index contributed by atoms with van der Waals surface area (Å²) >= 11 is 0. The average Bonchev–Trinajstić information content (AvgIpc) is 2.65. The van der Waals surface area contributed by atoms with Crippen molar-refractivity contribution in [2.75, 3.05) is 26.2 Å². The fourth-order valence-corrected chi connectivity index (χ4v) is 5.66. The molecule has 1 heterocycles. The maximum Gasteiger partial charge on any atom is 0.317 e. The van der Waals surface area contributed by atoms with Crippen molar-refractivity contribution in [3.05, 3.63) is 29.3 Å². The van der Waals surface area contributed by atoms with Crippen LogP contribution in [0, 0.1) is 0 Å². The van der Waals surface area contributed by atoms with Gasteiger partial charge >= 0.3 is 5.97 Å². The predicted octanol–water partition coefficient (Wildman–Crippen LogP) is 2.12. The number of benzene rings is 1. The van der Waals surface area contributed by atoms with Crippen molar-refractivity contribution in [1.29, 1.82) is 0 Å². The molecule has 0 unspecified atom stereocenters. The lowest BCUT2D eigenvalue weighted by Crippen LogP contribution is -2.48. The van der Waals surface area contributed by atoms with Crippen molar-refractivity contribution in [2.45, 2.75) is 56.4 Å². The van der Waals surface area contributed by atoms with Gasteiger partial charge in [0.1, 0.15) is 0 Å². The summed E-state index contributed by atoms with van der Waals surface area (Å²) in [5.74, 6) is -0.837. The minimum absolute atomic E-state index is 0.0126. The van der Waals surface area contributed by atoms with E-state index in [4.69, 9.17) is 5.11 Å². The predicted molar refractivity (Wildman–Crippen MR) is 99.7 cm³/mol. The fourth-order valence-electron chi connectivity index (χ4n) is 4.14. The number of carboxylic acids is 1. The number of piperidine rings is 1. The van der Waals surface area contributed by atoms with E-state index < -0.39 is 16.0 Å². The van der Waals surface area contributed by atoms with E-state index in [1.807, 2.05) is 24.0 Å². The van der Waals surface area contributed by atoms with Crippen LogP contribution in [0.2, 0.25) is 0 Å². The largest absolute Gasteiger partial charge is 0.480 e. The van der Waals surface area contributed by atoms with Gasteiger partial charge in [-0.05, 0) is 68.3 Å². The molecule has 0 spiro atoms. The Hall–Kier alpha value is -1.44. The van der Waals surface area contributed by atoms with Gasteiger partial charge in [-0.2, -0.15) is 4.31 Å². The molecule has 3 rings (SSSR count). The highest BCUT2D eigenvalue weighted by molar-refractivity contribution is 7.89. The van der Waals surface area contributed by atoms with Crippen LogP contribution < -0.4 is 0 Å². The number of carboxylic acid groups (broad SMARTS) is 1. The third-order valence-corrected chi connectivity index (χ3v) is 7.54. The van der Waals surface area contributed by atoms with Crippen LogP contribution in [-0.4, -0.2) is 60.9 Å². The molecule has 1 aromatic rings. The monoisotopic (exact) mass is 380 g/mol. The molecule has 1 N–H and O–H groups in total. The Morgan fingerprint density at radius 1 is 1.19 bits per heavy atom. The van der Waals surface area contributed by atoms with Crippen molar-refractivity contribution in [3.8, 4) is 0 Å². The van der Waals surface area contributed by atoms with E-state index in [0.717, 1.165) is 19.3 Å². The third kappa shape index (κ3) is 4.10. The Morgan fingerprint density at radius 3 is 2.46 bits per heavy atom. The van der Waals surface area contributed by atoms with Crippen LogP contribution in [-0.2, 0) is 27.7 Å². The van der Waals surface area contributed by atoms with Crippen molar-refractivity contribution in [2.24, 2.45) is 0 Å². The number of nitrogens with zero attached hydrogens (tertiary/aromatic N) is 2. The first-order chi connectivity index (χ1) is 12.4. The summed E-state index contributed by atoms with van der Waals surface area (Å²) in [7, 11) is -3.48. The lowest BCUT2D eigenvalue weighted by atomic mass is 9.92. The highest BCUT2D eigenvalue weighted by Crippen LogP contribution is 2.27. The van der Waals surface area contributed by atoms with Gasteiger partial charge < -0.3 is 5.11 Å². The Balaban J connectivity index is 1.69.